The summed E-state index contributed by atoms with van der Waals surface area (Å²) in [5.41, 5.74) is 2.80. The number of dihydropyridines is 1. The van der Waals surface area contributed by atoms with Crippen molar-refractivity contribution in [1.82, 2.24) is 29.4 Å². The number of aliphatic imine (C=N–C) groups is 1. The van der Waals surface area contributed by atoms with Gasteiger partial charge in [-0.25, -0.2) is 9.67 Å². The summed E-state index contributed by atoms with van der Waals surface area (Å²) >= 11 is 0. The molecule has 1 amide bonds. The Morgan fingerprint density at radius 2 is 2.03 bits per heavy atom. The van der Waals surface area contributed by atoms with E-state index in [-0.39, 0.29) is 5.92 Å². The molecule has 0 N–H and O–H groups in total. The van der Waals surface area contributed by atoms with Gasteiger partial charge in [0.25, 0.3) is 0 Å². The number of carbonyl (C=O) groups excluding carboxylic acids is 1. The molecule has 2 aromatic heterocycles. The van der Waals surface area contributed by atoms with E-state index in [1.165, 1.54) is 10.9 Å². The van der Waals surface area contributed by atoms with Gasteiger partial charge in [0.2, 0.25) is 5.91 Å². The maximum absolute atomic E-state index is 13.4. The maximum atomic E-state index is 13.4. The lowest BCUT2D eigenvalue weighted by atomic mass is 9.97. The van der Waals surface area contributed by atoms with Crippen molar-refractivity contribution < 1.29 is 22.7 Å². The fourth-order valence-corrected chi connectivity index (χ4v) is 4.67. The summed E-state index contributed by atoms with van der Waals surface area (Å²) in [6, 6.07) is 4.56. The van der Waals surface area contributed by atoms with Crippen molar-refractivity contribution >= 4 is 12.1 Å². The highest BCUT2D eigenvalue weighted by molar-refractivity contribution is 5.82. The number of halogens is 3. The number of imidazole rings is 1. The van der Waals surface area contributed by atoms with Gasteiger partial charge < -0.3 is 14.2 Å². The van der Waals surface area contributed by atoms with Crippen molar-refractivity contribution in [3.8, 4) is 22.7 Å². The standard InChI is InChI=1S/C24H24F3N7O2/c1-15-11-32(14-29-15)19-7-6-17(10-21(19)36-2)18-12-34(31-30-18)20-8-5-16-4-3-9-28-22(16)33(23(20)35)13-24(25,26)27/h3-4,6-7,9-12,14,16,20,22H,5,8,13H2,1-2H3/t16?,20-,22?/m1/s1. The third-order valence-corrected chi connectivity index (χ3v) is 6.37. The van der Waals surface area contributed by atoms with Crippen LogP contribution in [0, 0.1) is 12.8 Å². The van der Waals surface area contributed by atoms with E-state index in [4.69, 9.17) is 4.74 Å². The second-order valence-corrected chi connectivity index (χ2v) is 8.83. The number of ether oxygens (including phenoxy) is 1. The van der Waals surface area contributed by atoms with Crippen molar-refractivity contribution in [3.05, 3.63) is 54.8 Å². The number of hydrogen-bond donors (Lipinski definition) is 0. The summed E-state index contributed by atoms with van der Waals surface area (Å²) in [4.78, 5) is 22.6. The van der Waals surface area contributed by atoms with E-state index in [2.05, 4.69) is 20.3 Å². The Labute approximate surface area is 204 Å². The van der Waals surface area contributed by atoms with E-state index < -0.39 is 30.8 Å². The van der Waals surface area contributed by atoms with Gasteiger partial charge in [-0.05, 0) is 38.0 Å². The van der Waals surface area contributed by atoms with E-state index in [1.807, 2.05) is 29.8 Å². The Balaban J connectivity index is 1.44. The predicted molar refractivity (Wildman–Crippen MR) is 125 cm³/mol. The Morgan fingerprint density at radius 1 is 1.19 bits per heavy atom. The molecule has 2 aliphatic heterocycles. The minimum atomic E-state index is -4.55. The highest BCUT2D eigenvalue weighted by Gasteiger charge is 2.44. The zero-order valence-electron chi connectivity index (χ0n) is 19.6. The fraction of sp³-hybridized carbons (Fsp3) is 0.375. The third kappa shape index (κ3) is 4.62. The lowest BCUT2D eigenvalue weighted by molar-refractivity contribution is -0.168. The molecular formula is C24H24F3N7O2. The number of aryl methyl sites for hydroxylation is 1. The summed E-state index contributed by atoms with van der Waals surface area (Å²) in [6.45, 7) is 0.514. The first-order valence-corrected chi connectivity index (χ1v) is 11.4. The van der Waals surface area contributed by atoms with E-state index in [9.17, 15) is 18.0 Å². The number of alkyl halides is 3. The Hall–Kier alpha value is -3.96. The van der Waals surface area contributed by atoms with Crippen LogP contribution in [0.5, 0.6) is 5.75 Å². The number of nitrogens with zero attached hydrogens (tertiary/aromatic N) is 7. The second-order valence-electron chi connectivity index (χ2n) is 8.83. The molecule has 0 aliphatic carbocycles. The second kappa shape index (κ2) is 9.25. The molecule has 4 heterocycles. The van der Waals surface area contributed by atoms with Gasteiger partial charge in [-0.3, -0.25) is 9.79 Å². The van der Waals surface area contributed by atoms with Gasteiger partial charge in [-0.2, -0.15) is 13.2 Å². The van der Waals surface area contributed by atoms with Crippen LogP contribution in [0.15, 0.2) is 54.1 Å². The molecule has 188 valence electrons. The lowest BCUT2D eigenvalue weighted by Crippen LogP contribution is -2.48. The largest absolute Gasteiger partial charge is 0.495 e. The Morgan fingerprint density at radius 3 is 2.75 bits per heavy atom. The summed E-state index contributed by atoms with van der Waals surface area (Å²) in [5, 5.41) is 8.32. The van der Waals surface area contributed by atoms with Crippen LogP contribution in [0.4, 0.5) is 13.2 Å². The zero-order chi connectivity index (χ0) is 25.4. The molecule has 3 aromatic rings. The molecule has 0 bridgehead atoms. The number of methoxy groups -OCH3 is 1. The van der Waals surface area contributed by atoms with Crippen molar-refractivity contribution in [3.63, 3.8) is 0 Å². The summed E-state index contributed by atoms with van der Waals surface area (Å²) in [7, 11) is 1.55. The fourth-order valence-electron chi connectivity index (χ4n) is 4.67. The average molecular weight is 499 g/mol. The number of fused-ring (bicyclic) bond motifs is 1. The van der Waals surface area contributed by atoms with Crippen molar-refractivity contribution in [2.24, 2.45) is 10.9 Å². The molecule has 36 heavy (non-hydrogen) atoms. The van der Waals surface area contributed by atoms with Gasteiger partial charge in [0.1, 0.15) is 30.2 Å². The first-order valence-electron chi connectivity index (χ1n) is 11.4. The van der Waals surface area contributed by atoms with Crippen molar-refractivity contribution in [2.45, 2.75) is 38.1 Å². The number of rotatable bonds is 5. The molecule has 0 saturated carbocycles. The minimum absolute atomic E-state index is 0.294. The Bertz CT molecular complexity index is 1330. The summed E-state index contributed by atoms with van der Waals surface area (Å²) in [6.07, 6.45) is 5.45. The van der Waals surface area contributed by atoms with Gasteiger partial charge >= 0.3 is 6.18 Å². The molecular weight excluding hydrogens is 475 g/mol. The van der Waals surface area contributed by atoms with Gasteiger partial charge in [0.05, 0.1) is 31.0 Å². The monoisotopic (exact) mass is 499 g/mol. The van der Waals surface area contributed by atoms with Crippen LogP contribution >= 0.6 is 0 Å². The number of allylic oxidation sites excluding steroid dienone is 1. The average Bonchev–Trinajstić information content (AvgIpc) is 3.49. The quantitative estimate of drug-likeness (QED) is 0.533. The molecule has 3 atom stereocenters. The van der Waals surface area contributed by atoms with E-state index in [0.29, 0.717) is 29.8 Å². The van der Waals surface area contributed by atoms with Crippen LogP contribution < -0.4 is 4.74 Å². The predicted octanol–water partition coefficient (Wildman–Crippen LogP) is 3.76. The molecule has 9 nitrogen and oxygen atoms in total. The normalized spacial score (nSPS) is 22.0. The minimum Gasteiger partial charge on any atom is -0.495 e. The topological polar surface area (TPSA) is 90.4 Å². The SMILES string of the molecule is COc1cc(-c2cn([C@@H]3CCC4C=CC=NC4N(CC(F)(F)F)C3=O)nn2)ccc1-n1cnc(C)c1. The Kier molecular flexibility index (Phi) is 6.10. The van der Waals surface area contributed by atoms with Crippen LogP contribution in [-0.4, -0.2) is 67.6 Å². The molecule has 2 unspecified atom stereocenters. The van der Waals surface area contributed by atoms with Gasteiger partial charge in [-0.15, -0.1) is 5.10 Å². The molecule has 1 aromatic carbocycles. The van der Waals surface area contributed by atoms with Gasteiger partial charge in [0.15, 0.2) is 0 Å². The lowest BCUT2D eigenvalue weighted by Gasteiger charge is -2.33. The number of amides is 1. The number of benzene rings is 1. The number of hydrogen-bond acceptors (Lipinski definition) is 6. The number of carbonyl (C=O) groups is 1. The first kappa shape index (κ1) is 23.8. The number of aromatic nitrogens is 5. The van der Waals surface area contributed by atoms with E-state index in [0.717, 1.165) is 16.3 Å². The van der Waals surface area contributed by atoms with Crippen LogP contribution in [0.2, 0.25) is 0 Å². The summed E-state index contributed by atoms with van der Waals surface area (Å²) in [5.74, 6) is -0.389. The highest BCUT2D eigenvalue weighted by Crippen LogP contribution is 2.35. The van der Waals surface area contributed by atoms with E-state index in [1.54, 1.807) is 37.9 Å². The summed E-state index contributed by atoms with van der Waals surface area (Å²) < 4.78 is 48.9. The number of likely N-dealkylation sites (tertiary alicyclic amines) is 1. The molecule has 1 fully saturated rings. The van der Waals surface area contributed by atoms with Crippen LogP contribution in [-0.2, 0) is 4.79 Å². The third-order valence-electron chi connectivity index (χ3n) is 6.37. The van der Waals surface area contributed by atoms with Crippen LogP contribution in [0.25, 0.3) is 16.9 Å². The van der Waals surface area contributed by atoms with Gasteiger partial charge in [0, 0.05) is 23.9 Å². The van der Waals surface area contributed by atoms with Crippen molar-refractivity contribution in [2.75, 3.05) is 13.7 Å². The zero-order valence-corrected chi connectivity index (χ0v) is 19.6. The molecule has 0 radical (unpaired) electrons. The van der Waals surface area contributed by atoms with Crippen LogP contribution in [0.3, 0.4) is 0 Å². The molecule has 12 heteroatoms. The smallest absolute Gasteiger partial charge is 0.406 e. The molecule has 1 saturated heterocycles. The van der Waals surface area contributed by atoms with Crippen molar-refractivity contribution in [1.29, 1.82) is 0 Å². The maximum Gasteiger partial charge on any atom is 0.406 e. The first-order chi connectivity index (χ1) is 17.2. The van der Waals surface area contributed by atoms with E-state index >= 15 is 0 Å². The van der Waals surface area contributed by atoms with Crippen LogP contribution in [0.1, 0.15) is 24.6 Å². The molecule has 5 rings (SSSR count). The highest BCUT2D eigenvalue weighted by atomic mass is 19.4. The molecule has 0 spiro atoms. The van der Waals surface area contributed by atoms with Gasteiger partial charge in [-0.1, -0.05) is 17.4 Å². The molecule has 2 aliphatic rings.